The van der Waals surface area contributed by atoms with Crippen LogP contribution in [0.3, 0.4) is 0 Å². The fraction of sp³-hybridized carbons (Fsp3) is 0.667. The van der Waals surface area contributed by atoms with Crippen molar-refractivity contribution in [2.75, 3.05) is 13.7 Å². The molecule has 0 N–H and O–H groups in total. The second-order valence-electron chi connectivity index (χ2n) is 1.57. The molecule has 0 spiro atoms. The predicted octanol–water partition coefficient (Wildman–Crippen LogP) is 1.18. The van der Waals surface area contributed by atoms with Crippen molar-refractivity contribution in [3.63, 3.8) is 0 Å². The van der Waals surface area contributed by atoms with Crippen molar-refractivity contribution in [2.24, 2.45) is 0 Å². The molecule has 8 heavy (non-hydrogen) atoms. The van der Waals surface area contributed by atoms with E-state index in [0.717, 1.165) is 0 Å². The molecule has 0 aliphatic carbocycles. The van der Waals surface area contributed by atoms with E-state index in [1.165, 1.54) is 6.26 Å². The van der Waals surface area contributed by atoms with Crippen molar-refractivity contribution in [1.82, 2.24) is 0 Å². The van der Waals surface area contributed by atoms with E-state index in [2.05, 4.69) is 6.58 Å². The molecule has 0 radical (unpaired) electrons. The summed E-state index contributed by atoms with van der Waals surface area (Å²) < 4.78 is 9.70. The van der Waals surface area contributed by atoms with E-state index in [-0.39, 0.29) is 6.10 Å². The van der Waals surface area contributed by atoms with Gasteiger partial charge in [-0.25, -0.2) is 0 Å². The number of methoxy groups -OCH3 is 1. The van der Waals surface area contributed by atoms with E-state index in [0.29, 0.717) is 6.61 Å². The minimum absolute atomic E-state index is 0.123. The average molecular weight is 116 g/mol. The molecule has 2 heteroatoms. The zero-order valence-corrected chi connectivity index (χ0v) is 5.39. The van der Waals surface area contributed by atoms with E-state index in [9.17, 15) is 0 Å². The molecule has 0 saturated heterocycles. The average Bonchev–Trinajstić information content (AvgIpc) is 1.68. The van der Waals surface area contributed by atoms with Crippen LogP contribution in [0.5, 0.6) is 0 Å². The van der Waals surface area contributed by atoms with Crippen molar-refractivity contribution >= 4 is 0 Å². The first-order valence-corrected chi connectivity index (χ1v) is 2.56. The summed E-state index contributed by atoms with van der Waals surface area (Å²) in [6, 6.07) is 0. The maximum Gasteiger partial charge on any atom is 0.118 e. The summed E-state index contributed by atoms with van der Waals surface area (Å²) in [5.41, 5.74) is 0. The monoisotopic (exact) mass is 116 g/mol. The van der Waals surface area contributed by atoms with Crippen LogP contribution in [0.15, 0.2) is 12.8 Å². The summed E-state index contributed by atoms with van der Waals surface area (Å²) in [4.78, 5) is 0. The molecule has 1 unspecified atom stereocenters. The van der Waals surface area contributed by atoms with Crippen molar-refractivity contribution in [3.05, 3.63) is 12.8 Å². The Hall–Kier alpha value is -0.500. The first kappa shape index (κ1) is 7.50. The molecule has 0 aliphatic heterocycles. The van der Waals surface area contributed by atoms with E-state index in [4.69, 9.17) is 9.47 Å². The number of ether oxygens (including phenoxy) is 2. The van der Waals surface area contributed by atoms with Crippen molar-refractivity contribution in [1.29, 1.82) is 0 Å². The van der Waals surface area contributed by atoms with Crippen LogP contribution in [-0.2, 0) is 9.47 Å². The second-order valence-corrected chi connectivity index (χ2v) is 1.57. The lowest BCUT2D eigenvalue weighted by Crippen LogP contribution is -2.10. The van der Waals surface area contributed by atoms with E-state index < -0.39 is 0 Å². The number of hydrogen-bond donors (Lipinski definition) is 0. The molecule has 0 rings (SSSR count). The van der Waals surface area contributed by atoms with Crippen molar-refractivity contribution in [2.45, 2.75) is 13.0 Å². The van der Waals surface area contributed by atoms with Crippen LogP contribution in [0, 0.1) is 0 Å². The van der Waals surface area contributed by atoms with Crippen molar-refractivity contribution in [3.8, 4) is 0 Å². The van der Waals surface area contributed by atoms with Gasteiger partial charge in [0.1, 0.15) is 6.10 Å². The van der Waals surface area contributed by atoms with Gasteiger partial charge in [-0.05, 0) is 6.92 Å². The van der Waals surface area contributed by atoms with Crippen molar-refractivity contribution < 1.29 is 9.47 Å². The molecule has 0 heterocycles. The fourth-order valence-electron chi connectivity index (χ4n) is 0.438. The summed E-state index contributed by atoms with van der Waals surface area (Å²) in [6.07, 6.45) is 1.54. The van der Waals surface area contributed by atoms with Gasteiger partial charge in [0.2, 0.25) is 0 Å². The Kier molecular flexibility index (Phi) is 4.36. The Balaban J connectivity index is 3.03. The smallest absolute Gasteiger partial charge is 0.118 e. The summed E-state index contributed by atoms with van der Waals surface area (Å²) in [5, 5.41) is 0. The highest BCUT2D eigenvalue weighted by atomic mass is 16.5. The summed E-state index contributed by atoms with van der Waals surface area (Å²) in [7, 11) is 1.64. The van der Waals surface area contributed by atoms with Gasteiger partial charge in [0.05, 0.1) is 12.9 Å². The van der Waals surface area contributed by atoms with Crippen LogP contribution in [-0.4, -0.2) is 19.8 Å². The van der Waals surface area contributed by atoms with Gasteiger partial charge < -0.3 is 9.47 Å². The topological polar surface area (TPSA) is 18.5 Å². The highest BCUT2D eigenvalue weighted by Crippen LogP contribution is 1.88. The molecule has 0 fully saturated rings. The zero-order chi connectivity index (χ0) is 6.41. The Bertz CT molecular complexity index is 61.5. The first-order chi connectivity index (χ1) is 3.81. The lowest BCUT2D eigenvalue weighted by Gasteiger charge is -2.07. The van der Waals surface area contributed by atoms with Crippen LogP contribution >= 0.6 is 0 Å². The predicted molar refractivity (Wildman–Crippen MR) is 32.6 cm³/mol. The molecule has 0 aliphatic rings. The quantitative estimate of drug-likeness (QED) is 0.513. The molecule has 0 aromatic carbocycles. The molecule has 1 atom stereocenters. The third-order valence-electron chi connectivity index (χ3n) is 0.730. The second kappa shape index (κ2) is 4.65. The summed E-state index contributed by atoms with van der Waals surface area (Å²) >= 11 is 0. The Morgan fingerprint density at radius 3 is 2.75 bits per heavy atom. The molecule has 0 aromatic heterocycles. The molecule has 0 bridgehead atoms. The first-order valence-electron chi connectivity index (χ1n) is 2.56. The fourth-order valence-corrected chi connectivity index (χ4v) is 0.438. The molecule has 48 valence electrons. The normalized spacial score (nSPS) is 12.8. The lowest BCUT2D eigenvalue weighted by atomic mass is 10.4. The highest BCUT2D eigenvalue weighted by molar-refractivity contribution is 4.54. The Labute approximate surface area is 50.1 Å². The van der Waals surface area contributed by atoms with Gasteiger partial charge in [0, 0.05) is 7.11 Å². The van der Waals surface area contributed by atoms with Crippen LogP contribution in [0.4, 0.5) is 0 Å². The maximum atomic E-state index is 4.92. The Morgan fingerprint density at radius 2 is 2.38 bits per heavy atom. The highest BCUT2D eigenvalue weighted by Gasteiger charge is 1.95. The number of rotatable bonds is 4. The van der Waals surface area contributed by atoms with Gasteiger partial charge in [-0.2, -0.15) is 0 Å². The van der Waals surface area contributed by atoms with Crippen LogP contribution < -0.4 is 0 Å². The molecule has 0 saturated carbocycles. The van der Waals surface area contributed by atoms with Gasteiger partial charge >= 0.3 is 0 Å². The minimum atomic E-state index is 0.123. The standard InChI is InChI=1S/C6H12O2/c1-4-8-6(2)5-7-3/h4,6H,1,5H2,2-3H3. The SMILES string of the molecule is C=COC(C)COC. The third-order valence-corrected chi connectivity index (χ3v) is 0.730. The third kappa shape index (κ3) is 3.68. The Morgan fingerprint density at radius 1 is 1.75 bits per heavy atom. The zero-order valence-electron chi connectivity index (χ0n) is 5.39. The van der Waals surface area contributed by atoms with E-state index >= 15 is 0 Å². The van der Waals surface area contributed by atoms with Gasteiger partial charge in [0.25, 0.3) is 0 Å². The molecule has 0 aromatic rings. The lowest BCUT2D eigenvalue weighted by molar-refractivity contribution is 0.0638. The van der Waals surface area contributed by atoms with Gasteiger partial charge in [-0.15, -0.1) is 0 Å². The maximum absolute atomic E-state index is 4.92. The molecule has 0 amide bonds. The summed E-state index contributed by atoms with van der Waals surface area (Å²) in [6.45, 7) is 5.94. The van der Waals surface area contributed by atoms with Crippen LogP contribution in [0.2, 0.25) is 0 Å². The van der Waals surface area contributed by atoms with Gasteiger partial charge in [-0.1, -0.05) is 6.58 Å². The number of hydrogen-bond acceptors (Lipinski definition) is 2. The van der Waals surface area contributed by atoms with Gasteiger partial charge in [0.15, 0.2) is 0 Å². The largest absolute Gasteiger partial charge is 0.497 e. The van der Waals surface area contributed by atoms with Crippen LogP contribution in [0.1, 0.15) is 6.92 Å². The minimum Gasteiger partial charge on any atom is -0.497 e. The molecular formula is C6H12O2. The van der Waals surface area contributed by atoms with E-state index in [1.54, 1.807) is 7.11 Å². The van der Waals surface area contributed by atoms with Gasteiger partial charge in [-0.3, -0.25) is 0 Å². The molecular weight excluding hydrogens is 104 g/mol. The molecule has 2 nitrogen and oxygen atoms in total. The summed E-state index contributed by atoms with van der Waals surface area (Å²) in [5.74, 6) is 0. The van der Waals surface area contributed by atoms with E-state index in [1.807, 2.05) is 6.92 Å². The van der Waals surface area contributed by atoms with Crippen LogP contribution in [0.25, 0.3) is 0 Å².